The van der Waals surface area contributed by atoms with E-state index in [0.29, 0.717) is 0 Å². The predicted octanol–water partition coefficient (Wildman–Crippen LogP) is 0.380. The molecule has 0 heterocycles. The van der Waals surface area contributed by atoms with Crippen molar-refractivity contribution in [1.82, 2.24) is 4.90 Å². The molecule has 0 aliphatic carbocycles. The molecule has 0 saturated heterocycles. The van der Waals surface area contributed by atoms with Gasteiger partial charge in [0, 0.05) is 0 Å². The van der Waals surface area contributed by atoms with Gasteiger partial charge in [-0.15, -0.1) is 0 Å². The molecule has 0 amide bonds. The van der Waals surface area contributed by atoms with E-state index in [2.05, 4.69) is 19.0 Å². The van der Waals surface area contributed by atoms with Crippen molar-refractivity contribution in [2.24, 2.45) is 0 Å². The van der Waals surface area contributed by atoms with Crippen LogP contribution in [0.25, 0.3) is 0 Å². The summed E-state index contributed by atoms with van der Waals surface area (Å²) in [6.07, 6.45) is 2.77. The Hall–Kier alpha value is 0.518. The first-order valence-electron chi connectivity index (χ1n) is 3.12. The Balaban J connectivity index is 2.72. The van der Waals surface area contributed by atoms with Crippen LogP contribution in [0.1, 0.15) is 12.8 Å². The van der Waals surface area contributed by atoms with Gasteiger partial charge in [0.15, 0.2) is 0 Å². The summed E-state index contributed by atoms with van der Waals surface area (Å²) in [5.74, 6) is 0. The summed E-state index contributed by atoms with van der Waals surface area (Å²) in [5, 5.41) is 1.39. The molecule has 0 spiro atoms. The van der Waals surface area contributed by atoms with Crippen LogP contribution in [-0.2, 0) is 0 Å². The Morgan fingerprint density at radius 1 is 1.25 bits per heavy atom. The van der Waals surface area contributed by atoms with E-state index in [1.807, 2.05) is 16.9 Å². The third-order valence-corrected chi connectivity index (χ3v) is 1.92. The minimum absolute atomic E-state index is 1.25. The van der Waals surface area contributed by atoms with Crippen LogP contribution >= 0.6 is 0 Å². The van der Waals surface area contributed by atoms with Crippen molar-refractivity contribution >= 4 is 16.9 Å². The number of rotatable bonds is 4. The fraction of sp³-hybridized carbons (Fsp3) is 1.00. The van der Waals surface area contributed by atoms with E-state index in [9.17, 15) is 0 Å². The normalized spacial score (nSPS) is 10.5. The van der Waals surface area contributed by atoms with Crippen molar-refractivity contribution in [1.29, 1.82) is 0 Å². The summed E-state index contributed by atoms with van der Waals surface area (Å²) in [7, 11) is 4.25. The first-order chi connectivity index (χ1) is 3.77. The molecule has 0 radical (unpaired) electrons. The molecule has 1 unspecified atom stereocenters. The monoisotopic (exact) mass is 177 g/mol. The average molecular weight is 177 g/mol. The van der Waals surface area contributed by atoms with Crippen LogP contribution in [0, 0.1) is 0 Å². The van der Waals surface area contributed by atoms with Crippen molar-refractivity contribution in [2.45, 2.75) is 18.1 Å². The van der Waals surface area contributed by atoms with Crippen molar-refractivity contribution in [2.75, 3.05) is 20.6 Å². The number of hydrogen-bond donors (Lipinski definition) is 0. The van der Waals surface area contributed by atoms with Crippen LogP contribution in [0.15, 0.2) is 0 Å². The summed E-state index contributed by atoms with van der Waals surface area (Å²) >= 11 is 1.85. The van der Waals surface area contributed by atoms with E-state index in [0.717, 1.165) is 0 Å². The molecule has 0 aliphatic rings. The molecule has 0 N–H and O–H groups in total. The summed E-state index contributed by atoms with van der Waals surface area (Å²) in [6, 6.07) is 0. The van der Waals surface area contributed by atoms with Gasteiger partial charge in [-0.3, -0.25) is 0 Å². The van der Waals surface area contributed by atoms with Crippen molar-refractivity contribution in [3.63, 3.8) is 0 Å². The zero-order valence-corrected chi connectivity index (χ0v) is 8.28. The Kier molecular flexibility index (Phi) is 6.02. The van der Waals surface area contributed by atoms with Gasteiger partial charge in [0.25, 0.3) is 0 Å². The third-order valence-electron chi connectivity index (χ3n) is 1.06. The zero-order valence-electron chi connectivity index (χ0n) is 5.85. The average Bonchev–Trinajstić information content (AvgIpc) is 1.66. The second-order valence-corrected chi connectivity index (χ2v) is 3.51. The van der Waals surface area contributed by atoms with Gasteiger partial charge in [-0.25, -0.2) is 0 Å². The summed E-state index contributed by atoms with van der Waals surface area (Å²) in [6.45, 7) is 1.25. The molecule has 0 fully saturated rings. The second kappa shape index (κ2) is 5.65. The summed E-state index contributed by atoms with van der Waals surface area (Å²) in [5.41, 5.74) is 0. The minimum atomic E-state index is 1.25. The predicted molar refractivity (Wildman–Crippen MR) is 41.1 cm³/mol. The molecule has 0 aromatic rings. The van der Waals surface area contributed by atoms with Crippen LogP contribution in [-0.4, -0.2) is 42.4 Å². The van der Waals surface area contributed by atoms with Gasteiger partial charge >= 0.3 is 60.4 Å². The standard InChI is InChI=1S/C6H16AsN/c1-8(2)6-4-3-5-7/h3-7H2,1-2H3. The summed E-state index contributed by atoms with van der Waals surface area (Å²) < 4.78 is 0. The van der Waals surface area contributed by atoms with E-state index in [4.69, 9.17) is 0 Å². The zero-order chi connectivity index (χ0) is 6.41. The fourth-order valence-corrected chi connectivity index (χ4v) is 1.18. The molecule has 0 bridgehead atoms. The van der Waals surface area contributed by atoms with Gasteiger partial charge in [0.05, 0.1) is 0 Å². The topological polar surface area (TPSA) is 3.24 Å². The van der Waals surface area contributed by atoms with Crippen molar-refractivity contribution < 1.29 is 0 Å². The van der Waals surface area contributed by atoms with Gasteiger partial charge in [-0.2, -0.15) is 0 Å². The molecule has 1 nitrogen and oxygen atoms in total. The molecular weight excluding hydrogens is 161 g/mol. The van der Waals surface area contributed by atoms with Crippen molar-refractivity contribution in [3.05, 3.63) is 0 Å². The first kappa shape index (κ1) is 8.52. The molecule has 0 aromatic carbocycles. The van der Waals surface area contributed by atoms with Gasteiger partial charge in [-0.1, -0.05) is 0 Å². The maximum atomic E-state index is 2.24. The first-order valence-corrected chi connectivity index (χ1v) is 4.83. The Morgan fingerprint density at radius 3 is 2.25 bits per heavy atom. The van der Waals surface area contributed by atoms with E-state index in [-0.39, 0.29) is 0 Å². The molecule has 8 heavy (non-hydrogen) atoms. The van der Waals surface area contributed by atoms with E-state index < -0.39 is 0 Å². The van der Waals surface area contributed by atoms with Crippen LogP contribution in [0.2, 0.25) is 5.21 Å². The Bertz CT molecular complexity index is 45.8. The number of unbranched alkanes of at least 4 members (excludes halogenated alkanes) is 1. The van der Waals surface area contributed by atoms with Gasteiger partial charge < -0.3 is 0 Å². The van der Waals surface area contributed by atoms with E-state index >= 15 is 0 Å². The van der Waals surface area contributed by atoms with E-state index in [1.165, 1.54) is 24.6 Å². The van der Waals surface area contributed by atoms with E-state index in [1.54, 1.807) is 0 Å². The van der Waals surface area contributed by atoms with Crippen LogP contribution in [0.5, 0.6) is 0 Å². The van der Waals surface area contributed by atoms with Crippen LogP contribution in [0.4, 0.5) is 0 Å². The van der Waals surface area contributed by atoms with Crippen LogP contribution < -0.4 is 0 Å². The third kappa shape index (κ3) is 6.52. The van der Waals surface area contributed by atoms with Crippen molar-refractivity contribution in [3.8, 4) is 0 Å². The fourth-order valence-electron chi connectivity index (χ4n) is 0.572. The molecule has 0 saturated carbocycles. The quantitative estimate of drug-likeness (QED) is 0.443. The molecule has 1 atom stereocenters. The molecule has 0 aromatic heterocycles. The SMILES string of the molecule is CN(C)CCCC[AsH2]. The van der Waals surface area contributed by atoms with Gasteiger partial charge in [-0.05, 0) is 0 Å². The molecule has 50 valence electrons. The van der Waals surface area contributed by atoms with Gasteiger partial charge in [0.2, 0.25) is 0 Å². The second-order valence-electron chi connectivity index (χ2n) is 2.30. The number of nitrogens with zero attached hydrogens (tertiary/aromatic N) is 1. The van der Waals surface area contributed by atoms with Gasteiger partial charge in [0.1, 0.15) is 0 Å². The Morgan fingerprint density at radius 2 is 1.88 bits per heavy atom. The molecule has 2 heteroatoms. The Labute approximate surface area is 60.9 Å². The van der Waals surface area contributed by atoms with Crippen LogP contribution in [0.3, 0.4) is 0 Å². The molecular formula is C6H16AsN. The molecule has 0 aliphatic heterocycles. The summed E-state index contributed by atoms with van der Waals surface area (Å²) in [4.78, 5) is 2.24. The maximum absolute atomic E-state index is 2.24. The number of hydrogen-bond acceptors (Lipinski definition) is 1. The molecule has 0 rings (SSSR count).